The molecule has 164 valence electrons. The average molecular weight is 434 g/mol. The standard InChI is InChI=1S/C23H22N4O5/c1-26-23(29)21(20(13-24-26)32-17-7-8-18-19(12-17)31-14-30-18)25-16-6-4-5-15(11-16)22(28)27-9-2-3-10-27/h4-8,11-13,25H,2-3,9-10,14H2,1H3. The summed E-state index contributed by atoms with van der Waals surface area (Å²) >= 11 is 0. The van der Waals surface area contributed by atoms with Crippen molar-refractivity contribution >= 4 is 17.3 Å². The van der Waals surface area contributed by atoms with Gasteiger partial charge >= 0.3 is 0 Å². The maximum absolute atomic E-state index is 12.8. The molecule has 2 aliphatic rings. The largest absolute Gasteiger partial charge is 0.454 e. The number of carbonyl (C=O) groups excluding carboxylic acids is 1. The molecule has 1 fully saturated rings. The fourth-order valence-corrected chi connectivity index (χ4v) is 3.76. The molecule has 2 aliphatic heterocycles. The van der Waals surface area contributed by atoms with E-state index in [1.807, 2.05) is 4.90 Å². The molecule has 9 nitrogen and oxygen atoms in total. The van der Waals surface area contributed by atoms with Gasteiger partial charge in [-0.15, -0.1) is 0 Å². The van der Waals surface area contributed by atoms with Gasteiger partial charge in [-0.2, -0.15) is 5.10 Å². The predicted octanol–water partition coefficient (Wildman–Crippen LogP) is 3.28. The lowest BCUT2D eigenvalue weighted by molar-refractivity contribution is 0.0793. The highest BCUT2D eigenvalue weighted by atomic mass is 16.7. The molecular formula is C23H22N4O5. The Morgan fingerprint density at radius 3 is 2.75 bits per heavy atom. The lowest BCUT2D eigenvalue weighted by atomic mass is 10.1. The van der Waals surface area contributed by atoms with Crippen LogP contribution in [0.1, 0.15) is 23.2 Å². The first-order chi connectivity index (χ1) is 15.6. The zero-order valence-electron chi connectivity index (χ0n) is 17.5. The normalized spacial score (nSPS) is 14.5. The summed E-state index contributed by atoms with van der Waals surface area (Å²) in [5.74, 6) is 1.93. The van der Waals surface area contributed by atoms with Crippen LogP contribution in [0.2, 0.25) is 0 Å². The number of likely N-dealkylation sites (tertiary alicyclic amines) is 1. The number of hydrogen-bond acceptors (Lipinski definition) is 7. The Kier molecular flexibility index (Phi) is 5.14. The molecule has 0 aliphatic carbocycles. The van der Waals surface area contributed by atoms with E-state index in [9.17, 15) is 9.59 Å². The molecule has 1 amide bonds. The number of carbonyl (C=O) groups is 1. The van der Waals surface area contributed by atoms with Gasteiger partial charge in [-0.25, -0.2) is 4.68 Å². The Morgan fingerprint density at radius 1 is 1.09 bits per heavy atom. The number of rotatable bonds is 5. The average Bonchev–Trinajstić information content (AvgIpc) is 3.50. The van der Waals surface area contributed by atoms with Crippen LogP contribution in [0.3, 0.4) is 0 Å². The van der Waals surface area contributed by atoms with Crippen LogP contribution in [0.4, 0.5) is 11.4 Å². The van der Waals surface area contributed by atoms with Crippen molar-refractivity contribution < 1.29 is 19.0 Å². The minimum atomic E-state index is -0.362. The smallest absolute Gasteiger partial charge is 0.294 e. The van der Waals surface area contributed by atoms with Gasteiger partial charge in [-0.05, 0) is 43.2 Å². The molecule has 1 saturated heterocycles. The molecule has 0 bridgehead atoms. The fraction of sp³-hybridized carbons (Fsp3) is 0.261. The van der Waals surface area contributed by atoms with Gasteiger partial charge in [0.15, 0.2) is 22.9 Å². The highest BCUT2D eigenvalue weighted by Gasteiger charge is 2.20. The molecule has 0 spiro atoms. The van der Waals surface area contributed by atoms with E-state index in [4.69, 9.17) is 14.2 Å². The van der Waals surface area contributed by atoms with Gasteiger partial charge in [0, 0.05) is 37.5 Å². The quantitative estimate of drug-likeness (QED) is 0.658. The number of benzene rings is 2. The molecule has 1 aromatic heterocycles. The van der Waals surface area contributed by atoms with Crippen LogP contribution in [0, 0.1) is 0 Å². The molecule has 3 heterocycles. The van der Waals surface area contributed by atoms with E-state index in [1.165, 1.54) is 10.9 Å². The Morgan fingerprint density at radius 2 is 1.91 bits per heavy atom. The first kappa shape index (κ1) is 19.9. The van der Waals surface area contributed by atoms with Crippen LogP contribution in [0.15, 0.2) is 53.5 Å². The molecule has 32 heavy (non-hydrogen) atoms. The molecule has 0 atom stereocenters. The van der Waals surface area contributed by atoms with E-state index in [2.05, 4.69) is 10.4 Å². The van der Waals surface area contributed by atoms with Crippen molar-refractivity contribution in [1.82, 2.24) is 14.7 Å². The third-order valence-electron chi connectivity index (χ3n) is 5.45. The minimum Gasteiger partial charge on any atom is -0.454 e. The van der Waals surface area contributed by atoms with Crippen molar-refractivity contribution in [3.05, 3.63) is 64.6 Å². The third-order valence-corrected chi connectivity index (χ3v) is 5.45. The van der Waals surface area contributed by atoms with Crippen molar-refractivity contribution in [2.75, 3.05) is 25.2 Å². The predicted molar refractivity (Wildman–Crippen MR) is 117 cm³/mol. The van der Waals surface area contributed by atoms with Crippen LogP contribution in [0.25, 0.3) is 0 Å². The SMILES string of the molecule is Cn1ncc(Oc2ccc3c(c2)OCO3)c(Nc2cccc(C(=O)N3CCCC3)c2)c1=O. The number of ether oxygens (including phenoxy) is 3. The molecule has 1 N–H and O–H groups in total. The molecule has 0 unspecified atom stereocenters. The van der Waals surface area contributed by atoms with Gasteiger partial charge in [0.05, 0.1) is 6.20 Å². The van der Waals surface area contributed by atoms with E-state index < -0.39 is 0 Å². The Hall–Kier alpha value is -4.01. The first-order valence-electron chi connectivity index (χ1n) is 10.4. The highest BCUT2D eigenvalue weighted by Crippen LogP contribution is 2.37. The number of amides is 1. The van der Waals surface area contributed by atoms with E-state index >= 15 is 0 Å². The second-order valence-electron chi connectivity index (χ2n) is 7.63. The molecule has 0 radical (unpaired) electrons. The summed E-state index contributed by atoms with van der Waals surface area (Å²) in [5.41, 5.74) is 1.03. The Labute approximate surface area is 184 Å². The highest BCUT2D eigenvalue weighted by molar-refractivity contribution is 5.95. The summed E-state index contributed by atoms with van der Waals surface area (Å²) in [7, 11) is 1.56. The maximum atomic E-state index is 12.8. The zero-order valence-corrected chi connectivity index (χ0v) is 17.5. The van der Waals surface area contributed by atoms with Gasteiger partial charge in [-0.3, -0.25) is 9.59 Å². The van der Waals surface area contributed by atoms with Crippen molar-refractivity contribution in [2.24, 2.45) is 7.05 Å². The van der Waals surface area contributed by atoms with Crippen LogP contribution < -0.4 is 25.1 Å². The maximum Gasteiger partial charge on any atom is 0.294 e. The summed E-state index contributed by atoms with van der Waals surface area (Å²) in [6.07, 6.45) is 3.52. The number of nitrogens with one attached hydrogen (secondary N) is 1. The van der Waals surface area contributed by atoms with Crippen LogP contribution in [0.5, 0.6) is 23.0 Å². The van der Waals surface area contributed by atoms with Crippen LogP contribution in [-0.4, -0.2) is 40.5 Å². The van der Waals surface area contributed by atoms with E-state index in [0.29, 0.717) is 28.5 Å². The van der Waals surface area contributed by atoms with Gasteiger partial charge < -0.3 is 24.4 Å². The molecule has 3 aromatic rings. The lowest BCUT2D eigenvalue weighted by Crippen LogP contribution is -2.27. The summed E-state index contributed by atoms with van der Waals surface area (Å²) < 4.78 is 17.9. The monoisotopic (exact) mass is 434 g/mol. The van der Waals surface area contributed by atoms with Crippen molar-refractivity contribution in [3.63, 3.8) is 0 Å². The van der Waals surface area contributed by atoms with Gasteiger partial charge in [0.2, 0.25) is 6.79 Å². The third kappa shape index (κ3) is 3.84. The molecule has 5 rings (SSSR count). The Bertz CT molecular complexity index is 1230. The molecule has 2 aromatic carbocycles. The van der Waals surface area contributed by atoms with Crippen molar-refractivity contribution in [1.29, 1.82) is 0 Å². The van der Waals surface area contributed by atoms with Crippen LogP contribution >= 0.6 is 0 Å². The summed E-state index contributed by atoms with van der Waals surface area (Å²) in [6, 6.07) is 12.3. The number of aryl methyl sites for hydroxylation is 1. The van der Waals surface area contributed by atoms with Gasteiger partial charge in [-0.1, -0.05) is 6.07 Å². The summed E-state index contributed by atoms with van der Waals surface area (Å²) in [4.78, 5) is 27.4. The molecule has 9 heteroatoms. The number of nitrogens with zero attached hydrogens (tertiary/aromatic N) is 3. The summed E-state index contributed by atoms with van der Waals surface area (Å²) in [5, 5.41) is 7.19. The molecule has 0 saturated carbocycles. The van der Waals surface area contributed by atoms with Crippen molar-refractivity contribution in [3.8, 4) is 23.0 Å². The summed E-state index contributed by atoms with van der Waals surface area (Å²) in [6.45, 7) is 1.70. The number of aromatic nitrogens is 2. The second kappa shape index (κ2) is 8.26. The number of anilines is 2. The lowest BCUT2D eigenvalue weighted by Gasteiger charge is -2.17. The van der Waals surface area contributed by atoms with E-state index in [-0.39, 0.29) is 29.7 Å². The second-order valence-corrected chi connectivity index (χ2v) is 7.63. The van der Waals surface area contributed by atoms with E-state index in [1.54, 1.807) is 49.5 Å². The number of fused-ring (bicyclic) bond motifs is 1. The number of hydrogen-bond donors (Lipinski definition) is 1. The minimum absolute atomic E-state index is 0.00869. The van der Waals surface area contributed by atoms with Gasteiger partial charge in [0.25, 0.3) is 11.5 Å². The topological polar surface area (TPSA) is 94.9 Å². The fourth-order valence-electron chi connectivity index (χ4n) is 3.76. The zero-order chi connectivity index (χ0) is 22.1. The first-order valence-corrected chi connectivity index (χ1v) is 10.4. The molecular weight excluding hydrogens is 412 g/mol. The van der Waals surface area contributed by atoms with Crippen LogP contribution in [-0.2, 0) is 7.05 Å². The van der Waals surface area contributed by atoms with Gasteiger partial charge in [0.1, 0.15) is 5.75 Å². The van der Waals surface area contributed by atoms with E-state index in [0.717, 1.165) is 25.9 Å². The Balaban J connectivity index is 1.43. The van der Waals surface area contributed by atoms with Crippen molar-refractivity contribution in [2.45, 2.75) is 12.8 Å².